The van der Waals surface area contributed by atoms with Crippen LogP contribution in [0.4, 0.5) is 0 Å². The molecule has 3 saturated heterocycles. The fourth-order valence-electron chi connectivity index (χ4n) is 5.49. The summed E-state index contributed by atoms with van der Waals surface area (Å²) in [4.78, 5) is 17.2. The first kappa shape index (κ1) is 25.8. The zero-order valence-corrected chi connectivity index (χ0v) is 23.4. The van der Waals surface area contributed by atoms with Gasteiger partial charge in [0.05, 0.1) is 24.9 Å². The van der Waals surface area contributed by atoms with Gasteiger partial charge in [0.1, 0.15) is 23.0 Å². The highest BCUT2D eigenvalue weighted by Gasteiger charge is 2.71. The number of carbonyl (C=O) groups excluding carboxylic acids is 1. The number of amides is 1. The summed E-state index contributed by atoms with van der Waals surface area (Å²) < 4.78 is 18.2. The van der Waals surface area contributed by atoms with E-state index in [1.807, 2.05) is 67.5 Å². The lowest BCUT2D eigenvalue weighted by Gasteiger charge is -2.41. The zero-order chi connectivity index (χ0) is 26.3. The molecule has 6 nitrogen and oxygen atoms in total. The zero-order valence-electron chi connectivity index (χ0n) is 21.8. The number of hydrogen-bond donors (Lipinski definition) is 0. The summed E-state index contributed by atoms with van der Waals surface area (Å²) in [7, 11) is 5.64. The first-order valence-electron chi connectivity index (χ1n) is 12.8. The monoisotopic (exact) mass is 548 g/mol. The Morgan fingerprint density at radius 3 is 2.21 bits per heavy atom. The Labute approximate surface area is 232 Å². The Bertz CT molecular complexity index is 1280. The summed E-state index contributed by atoms with van der Waals surface area (Å²) in [5, 5.41) is 0. The lowest BCUT2D eigenvalue weighted by Crippen LogP contribution is -2.59. The van der Waals surface area contributed by atoms with Crippen molar-refractivity contribution in [2.24, 2.45) is 0 Å². The molecule has 5 atom stereocenters. The molecule has 0 radical (unpaired) electrons. The van der Waals surface area contributed by atoms with E-state index in [4.69, 9.17) is 14.2 Å². The van der Waals surface area contributed by atoms with Crippen LogP contribution >= 0.6 is 23.5 Å². The molecule has 0 N–H and O–H groups in total. The van der Waals surface area contributed by atoms with Gasteiger partial charge >= 0.3 is 0 Å². The number of rotatable bonds is 8. The van der Waals surface area contributed by atoms with Crippen LogP contribution in [-0.2, 0) is 27.3 Å². The second-order valence-corrected chi connectivity index (χ2v) is 13.1. The van der Waals surface area contributed by atoms with Crippen molar-refractivity contribution in [3.05, 3.63) is 102 Å². The fourth-order valence-corrected chi connectivity index (χ4v) is 9.43. The second kappa shape index (κ2) is 10.2. The number of hydrogen-bond acceptors (Lipinski definition) is 7. The molecule has 2 bridgehead atoms. The average Bonchev–Trinajstić information content (AvgIpc) is 3.77. The van der Waals surface area contributed by atoms with Crippen LogP contribution in [-0.4, -0.2) is 65.6 Å². The van der Waals surface area contributed by atoms with Gasteiger partial charge in [-0.25, -0.2) is 0 Å². The van der Waals surface area contributed by atoms with E-state index in [0.717, 1.165) is 22.4 Å². The molecule has 3 fully saturated rings. The van der Waals surface area contributed by atoms with Gasteiger partial charge in [-0.2, -0.15) is 0 Å². The number of nitrogens with zero attached hydrogens (tertiary/aromatic N) is 2. The van der Waals surface area contributed by atoms with Crippen molar-refractivity contribution in [2.45, 2.75) is 39.7 Å². The minimum Gasteiger partial charge on any atom is -0.497 e. The number of thioether (sulfide) groups is 2. The maximum atomic E-state index is 14.6. The highest BCUT2D eigenvalue weighted by atomic mass is 32.2. The minimum atomic E-state index is -0.829. The predicted octanol–water partition coefficient (Wildman–Crippen LogP) is 5.15. The topological polar surface area (TPSA) is 54.5 Å². The largest absolute Gasteiger partial charge is 0.497 e. The van der Waals surface area contributed by atoms with Crippen LogP contribution in [0.2, 0.25) is 0 Å². The van der Waals surface area contributed by atoms with Crippen molar-refractivity contribution in [3.63, 3.8) is 0 Å². The molecule has 0 spiro atoms. The van der Waals surface area contributed by atoms with Crippen LogP contribution in [0.3, 0.4) is 0 Å². The van der Waals surface area contributed by atoms with E-state index in [9.17, 15) is 4.79 Å². The maximum Gasteiger partial charge on any atom is 0.255 e. The molecule has 3 unspecified atom stereocenters. The molecule has 38 heavy (non-hydrogen) atoms. The van der Waals surface area contributed by atoms with Gasteiger partial charge in [0, 0.05) is 13.5 Å². The average molecular weight is 549 g/mol. The second-order valence-electron chi connectivity index (χ2n) is 10.0. The maximum absolute atomic E-state index is 14.6. The molecule has 3 aromatic rings. The number of benzene rings is 3. The van der Waals surface area contributed by atoms with Crippen LogP contribution in [0, 0.1) is 0 Å². The van der Waals surface area contributed by atoms with Gasteiger partial charge < -0.3 is 19.1 Å². The highest BCUT2D eigenvalue weighted by Crippen LogP contribution is 2.64. The van der Waals surface area contributed by atoms with Crippen LogP contribution in [0.15, 0.2) is 84.9 Å². The Morgan fingerprint density at radius 2 is 1.55 bits per heavy atom. The first-order chi connectivity index (χ1) is 18.5. The van der Waals surface area contributed by atoms with Crippen LogP contribution in [0.5, 0.6) is 5.75 Å². The Balaban J connectivity index is 1.41. The van der Waals surface area contributed by atoms with E-state index in [0.29, 0.717) is 19.6 Å². The molecule has 198 valence electrons. The van der Waals surface area contributed by atoms with Crippen molar-refractivity contribution in [1.29, 1.82) is 0 Å². The van der Waals surface area contributed by atoms with Gasteiger partial charge in [0.15, 0.2) is 4.87 Å². The predicted molar refractivity (Wildman–Crippen MR) is 152 cm³/mol. The number of ether oxygens (including phenoxy) is 3. The lowest BCUT2D eigenvalue weighted by atomic mass is 10.0. The molecule has 3 aliphatic heterocycles. The van der Waals surface area contributed by atoms with Gasteiger partial charge in [0.25, 0.3) is 5.91 Å². The van der Waals surface area contributed by atoms with Gasteiger partial charge in [-0.1, -0.05) is 72.8 Å². The summed E-state index contributed by atoms with van der Waals surface area (Å²) in [5.74, 6) is 0.907. The third-order valence-corrected chi connectivity index (χ3v) is 11.4. The molecular formula is C30H32N2O4S2. The lowest BCUT2D eigenvalue weighted by molar-refractivity contribution is -0.142. The molecule has 0 aromatic heterocycles. The molecule has 0 aliphatic carbocycles. The van der Waals surface area contributed by atoms with E-state index in [2.05, 4.69) is 41.3 Å². The molecule has 3 aromatic carbocycles. The normalized spacial score (nSPS) is 30.4. The van der Waals surface area contributed by atoms with Crippen molar-refractivity contribution < 1.29 is 19.0 Å². The third kappa shape index (κ3) is 4.42. The summed E-state index contributed by atoms with van der Waals surface area (Å²) in [6.45, 7) is 0.854. The number of carbonyl (C=O) groups is 1. The van der Waals surface area contributed by atoms with Gasteiger partial charge in [-0.3, -0.25) is 9.69 Å². The number of fused-ring (bicyclic) bond motifs is 5. The first-order valence-corrected chi connectivity index (χ1v) is 14.5. The van der Waals surface area contributed by atoms with E-state index in [1.54, 1.807) is 30.6 Å². The van der Waals surface area contributed by atoms with Crippen molar-refractivity contribution in [1.82, 2.24) is 9.80 Å². The minimum absolute atomic E-state index is 0.0218. The quantitative estimate of drug-likeness (QED) is 0.361. The number of epoxide rings is 1. The standard InChI is InChI=1S/C30H32N2O4S2/c1-31-26-25(36-26)30(20-35-19-22-12-8-5-9-13-22)32(2)28(33)29(31,18-21-10-6-4-7-11-21)37-27(38-30)23-14-16-24(34-3)17-15-23/h4-17,25-27H,18-20H2,1-3H3/t25?,26?,27?,29-,30-/m0/s1. The van der Waals surface area contributed by atoms with Crippen molar-refractivity contribution in [3.8, 4) is 5.75 Å². The summed E-state index contributed by atoms with van der Waals surface area (Å²) in [6, 6.07) is 28.6. The van der Waals surface area contributed by atoms with Gasteiger partial charge in [-0.05, 0) is 35.9 Å². The highest BCUT2D eigenvalue weighted by molar-refractivity contribution is 8.18. The Kier molecular flexibility index (Phi) is 6.95. The Morgan fingerprint density at radius 1 is 0.895 bits per heavy atom. The molecule has 3 heterocycles. The molecule has 8 heteroatoms. The molecule has 1 amide bonds. The Hall–Kier alpha value is -2.49. The number of likely N-dealkylation sites (N-methyl/N-ethyl adjacent to an activating group) is 2. The van der Waals surface area contributed by atoms with Crippen molar-refractivity contribution >= 4 is 29.4 Å². The van der Waals surface area contributed by atoms with Gasteiger partial charge in [-0.15, -0.1) is 23.5 Å². The van der Waals surface area contributed by atoms with E-state index in [1.165, 1.54) is 0 Å². The summed E-state index contributed by atoms with van der Waals surface area (Å²) in [5.41, 5.74) is 3.37. The molecular weight excluding hydrogens is 516 g/mol. The van der Waals surface area contributed by atoms with E-state index >= 15 is 0 Å². The summed E-state index contributed by atoms with van der Waals surface area (Å²) in [6.07, 6.45) is 0.283. The number of methoxy groups -OCH3 is 1. The smallest absolute Gasteiger partial charge is 0.255 e. The molecule has 3 aliphatic rings. The SMILES string of the molecule is COc1ccc(C2S[C@@]3(Cc4ccccc4)C(=O)N(C)[C@@](COCc4ccccc4)(S2)C2OC2N3C)cc1. The van der Waals surface area contributed by atoms with Crippen LogP contribution in [0.1, 0.15) is 21.3 Å². The van der Waals surface area contributed by atoms with Crippen LogP contribution < -0.4 is 4.74 Å². The third-order valence-electron chi connectivity index (χ3n) is 7.78. The molecule has 6 rings (SSSR count). The fraction of sp³-hybridized carbons (Fsp3) is 0.367. The molecule has 0 saturated carbocycles. The van der Waals surface area contributed by atoms with E-state index in [-0.39, 0.29) is 22.8 Å². The summed E-state index contributed by atoms with van der Waals surface area (Å²) >= 11 is 3.50. The van der Waals surface area contributed by atoms with E-state index < -0.39 is 9.74 Å². The van der Waals surface area contributed by atoms with Crippen molar-refractivity contribution in [2.75, 3.05) is 27.8 Å². The van der Waals surface area contributed by atoms with Gasteiger partial charge in [0.2, 0.25) is 0 Å². The van der Waals surface area contributed by atoms with Crippen LogP contribution in [0.25, 0.3) is 0 Å².